The zero-order valence-corrected chi connectivity index (χ0v) is 7.38. The molecule has 0 aliphatic carbocycles. The van der Waals surface area contributed by atoms with Crippen LogP contribution in [0.4, 0.5) is 0 Å². The Morgan fingerprint density at radius 3 is 2.42 bits per heavy atom. The topological polar surface area (TPSA) is 75.6 Å². The Kier molecular flexibility index (Phi) is 3.69. The molecule has 0 spiro atoms. The van der Waals surface area contributed by atoms with Crippen LogP contribution in [0.15, 0.2) is 0 Å². The molecule has 70 valence electrons. The molecule has 12 heavy (non-hydrogen) atoms. The van der Waals surface area contributed by atoms with Gasteiger partial charge in [0.1, 0.15) is 0 Å². The maximum atomic E-state index is 10.8. The highest BCUT2D eigenvalue weighted by Gasteiger charge is 2.32. The Morgan fingerprint density at radius 1 is 1.58 bits per heavy atom. The van der Waals surface area contributed by atoms with Gasteiger partial charge in [-0.15, -0.1) is 0 Å². The summed E-state index contributed by atoms with van der Waals surface area (Å²) in [6, 6.07) is 0. The minimum atomic E-state index is -1.93. The normalized spacial score (nSPS) is 14.7. The molecule has 1 amide bonds. The van der Waals surface area contributed by atoms with Crippen molar-refractivity contribution in [2.75, 3.05) is 7.11 Å². The van der Waals surface area contributed by atoms with Crippen molar-refractivity contribution in [1.82, 2.24) is 5.32 Å². The first kappa shape index (κ1) is 10.9. The summed E-state index contributed by atoms with van der Waals surface area (Å²) in [5.41, 5.74) is -1.93. The predicted octanol–water partition coefficient (Wildman–Crippen LogP) is -0.606. The summed E-state index contributed by atoms with van der Waals surface area (Å²) in [6.07, 6.45) is 0.202. The van der Waals surface area contributed by atoms with Gasteiger partial charge in [0.15, 0.2) is 0 Å². The van der Waals surface area contributed by atoms with E-state index in [9.17, 15) is 14.7 Å². The van der Waals surface area contributed by atoms with E-state index in [-0.39, 0.29) is 6.42 Å². The Hall–Kier alpha value is -1.10. The number of aliphatic hydroxyl groups is 1. The minimum absolute atomic E-state index is 0.202. The Labute approximate surface area is 70.7 Å². The fourth-order valence-electron chi connectivity index (χ4n) is 0.610. The molecule has 0 aromatic carbocycles. The van der Waals surface area contributed by atoms with Gasteiger partial charge in [-0.3, -0.25) is 4.79 Å². The summed E-state index contributed by atoms with van der Waals surface area (Å²) in [5, 5.41) is 11.4. The molecule has 0 aliphatic rings. The predicted molar refractivity (Wildman–Crippen MR) is 41.1 cm³/mol. The summed E-state index contributed by atoms with van der Waals surface area (Å²) in [7, 11) is 1.13. The van der Waals surface area contributed by atoms with Gasteiger partial charge in [-0.2, -0.15) is 0 Å². The summed E-state index contributed by atoms with van der Waals surface area (Å²) >= 11 is 0. The number of nitrogens with one attached hydrogen (secondary N) is 1. The third-order valence-electron chi connectivity index (χ3n) is 1.29. The van der Waals surface area contributed by atoms with Crippen molar-refractivity contribution in [3.63, 3.8) is 0 Å². The van der Waals surface area contributed by atoms with Crippen LogP contribution in [-0.4, -0.2) is 29.8 Å². The third-order valence-corrected chi connectivity index (χ3v) is 1.29. The van der Waals surface area contributed by atoms with Crippen molar-refractivity contribution in [3.05, 3.63) is 0 Å². The quantitative estimate of drug-likeness (QED) is 0.443. The molecule has 1 atom stereocenters. The molecule has 0 saturated carbocycles. The lowest BCUT2D eigenvalue weighted by Gasteiger charge is -2.20. The number of methoxy groups -OCH3 is 1. The van der Waals surface area contributed by atoms with Gasteiger partial charge in [0.25, 0.3) is 0 Å². The van der Waals surface area contributed by atoms with Crippen molar-refractivity contribution in [2.24, 2.45) is 0 Å². The van der Waals surface area contributed by atoms with Crippen molar-refractivity contribution in [3.8, 4) is 0 Å². The van der Waals surface area contributed by atoms with Crippen LogP contribution < -0.4 is 5.32 Å². The van der Waals surface area contributed by atoms with E-state index < -0.39 is 17.6 Å². The second kappa shape index (κ2) is 4.06. The van der Waals surface area contributed by atoms with Crippen molar-refractivity contribution < 1.29 is 19.4 Å². The number of hydrogen-bond acceptors (Lipinski definition) is 4. The van der Waals surface area contributed by atoms with E-state index in [1.807, 2.05) is 0 Å². The highest BCUT2D eigenvalue weighted by Crippen LogP contribution is 2.00. The molecule has 0 rings (SSSR count). The molecule has 0 aliphatic heterocycles. The van der Waals surface area contributed by atoms with Crippen LogP contribution in [0.2, 0.25) is 0 Å². The molecule has 0 bridgehead atoms. The first-order valence-electron chi connectivity index (χ1n) is 3.55. The second-order valence-electron chi connectivity index (χ2n) is 2.47. The van der Waals surface area contributed by atoms with E-state index in [1.165, 1.54) is 0 Å². The molecule has 0 saturated heterocycles. The molecule has 0 fully saturated rings. The fraction of sp³-hybridized carbons (Fsp3) is 0.714. The van der Waals surface area contributed by atoms with E-state index in [0.29, 0.717) is 0 Å². The number of carbonyl (C=O) groups excluding carboxylic acids is 2. The molecular weight excluding hydrogens is 162 g/mol. The van der Waals surface area contributed by atoms with Gasteiger partial charge in [0.05, 0.1) is 7.11 Å². The van der Waals surface area contributed by atoms with Crippen LogP contribution in [0.1, 0.15) is 20.3 Å². The number of ether oxygens (including phenoxy) is 1. The van der Waals surface area contributed by atoms with E-state index in [4.69, 9.17) is 0 Å². The van der Waals surface area contributed by atoms with Gasteiger partial charge in [-0.25, -0.2) is 4.79 Å². The largest absolute Gasteiger partial charge is 0.465 e. The molecule has 0 aromatic heterocycles. The molecule has 0 heterocycles. The van der Waals surface area contributed by atoms with Crippen molar-refractivity contribution in [1.29, 1.82) is 0 Å². The van der Waals surface area contributed by atoms with E-state index >= 15 is 0 Å². The van der Waals surface area contributed by atoms with Crippen LogP contribution in [-0.2, 0) is 14.3 Å². The lowest BCUT2D eigenvalue weighted by atomic mass is 10.2. The monoisotopic (exact) mass is 175 g/mol. The van der Waals surface area contributed by atoms with Crippen LogP contribution in [0.3, 0.4) is 0 Å². The van der Waals surface area contributed by atoms with E-state index in [0.717, 1.165) is 14.0 Å². The lowest BCUT2D eigenvalue weighted by molar-refractivity contribution is -0.166. The van der Waals surface area contributed by atoms with Gasteiger partial charge in [0.2, 0.25) is 11.6 Å². The number of esters is 1. The number of hydrogen-bond donors (Lipinski definition) is 2. The summed E-state index contributed by atoms with van der Waals surface area (Å²) in [6.45, 7) is 2.77. The maximum Gasteiger partial charge on any atom is 0.359 e. The Morgan fingerprint density at radius 2 is 2.08 bits per heavy atom. The molecule has 0 unspecified atom stereocenters. The zero-order valence-electron chi connectivity index (χ0n) is 7.38. The number of rotatable bonds is 3. The first-order chi connectivity index (χ1) is 5.44. The van der Waals surface area contributed by atoms with Crippen molar-refractivity contribution >= 4 is 11.9 Å². The zero-order chi connectivity index (χ0) is 9.78. The summed E-state index contributed by atoms with van der Waals surface area (Å²) < 4.78 is 4.26. The standard InChI is InChI=1S/C7H13NO4/c1-4-5(9)8-7(2,11)6(10)12-3/h11H,4H2,1-3H3,(H,8,9)/t7-/m1/s1. The van der Waals surface area contributed by atoms with Crippen LogP contribution in [0, 0.1) is 0 Å². The Bertz CT molecular complexity index is 188. The van der Waals surface area contributed by atoms with Crippen LogP contribution in [0.5, 0.6) is 0 Å². The number of carbonyl (C=O) groups is 2. The van der Waals surface area contributed by atoms with Crippen LogP contribution >= 0.6 is 0 Å². The van der Waals surface area contributed by atoms with Gasteiger partial charge < -0.3 is 15.2 Å². The van der Waals surface area contributed by atoms with Crippen LogP contribution in [0.25, 0.3) is 0 Å². The molecule has 0 radical (unpaired) electrons. The van der Waals surface area contributed by atoms with Crippen molar-refractivity contribution in [2.45, 2.75) is 26.0 Å². The van der Waals surface area contributed by atoms with Gasteiger partial charge in [-0.05, 0) is 6.92 Å². The molecule has 2 N–H and O–H groups in total. The highest BCUT2D eigenvalue weighted by molar-refractivity contribution is 5.85. The second-order valence-corrected chi connectivity index (χ2v) is 2.47. The van der Waals surface area contributed by atoms with Gasteiger partial charge in [0, 0.05) is 6.42 Å². The number of amides is 1. The molecule has 0 aromatic rings. The fourth-order valence-corrected chi connectivity index (χ4v) is 0.610. The average Bonchev–Trinajstić information content (AvgIpc) is 2.02. The van der Waals surface area contributed by atoms with Gasteiger partial charge >= 0.3 is 5.97 Å². The van der Waals surface area contributed by atoms with Gasteiger partial charge in [-0.1, -0.05) is 6.92 Å². The highest BCUT2D eigenvalue weighted by atomic mass is 16.5. The maximum absolute atomic E-state index is 10.8. The van der Waals surface area contributed by atoms with E-state index in [1.54, 1.807) is 6.92 Å². The minimum Gasteiger partial charge on any atom is -0.465 e. The summed E-state index contributed by atoms with van der Waals surface area (Å²) in [5.74, 6) is -1.30. The lowest BCUT2D eigenvalue weighted by Crippen LogP contribution is -2.52. The summed E-state index contributed by atoms with van der Waals surface area (Å²) in [4.78, 5) is 21.6. The Balaban J connectivity index is 4.21. The third kappa shape index (κ3) is 2.87. The smallest absolute Gasteiger partial charge is 0.359 e. The SMILES string of the molecule is CCC(=O)N[C@](C)(O)C(=O)OC. The molecule has 5 heteroatoms. The first-order valence-corrected chi connectivity index (χ1v) is 3.55. The molecule has 5 nitrogen and oxygen atoms in total. The average molecular weight is 175 g/mol. The van der Waals surface area contributed by atoms with E-state index in [2.05, 4.69) is 10.1 Å². The molecular formula is C7H13NO4.